The van der Waals surface area contributed by atoms with E-state index in [0.717, 1.165) is 35.7 Å². The van der Waals surface area contributed by atoms with Crippen LogP contribution in [0.4, 0.5) is 24.5 Å². The van der Waals surface area contributed by atoms with Gasteiger partial charge in [0.25, 0.3) is 0 Å². The number of benzene rings is 3. The molecule has 1 saturated carbocycles. The van der Waals surface area contributed by atoms with Gasteiger partial charge in [-0.3, -0.25) is 4.79 Å². The van der Waals surface area contributed by atoms with E-state index in [2.05, 4.69) is 10.6 Å². The second-order valence-electron chi connectivity index (χ2n) is 11.9. The van der Waals surface area contributed by atoms with Gasteiger partial charge in [0.05, 0.1) is 22.4 Å². The number of piperidine rings is 1. The van der Waals surface area contributed by atoms with Crippen LogP contribution in [0.1, 0.15) is 72.4 Å². The van der Waals surface area contributed by atoms with E-state index >= 15 is 0 Å². The molecule has 3 aromatic rings. The molecular weight excluding hydrogens is 575 g/mol. The van der Waals surface area contributed by atoms with Gasteiger partial charge in [0.2, 0.25) is 15.9 Å². The van der Waals surface area contributed by atoms with Crippen molar-refractivity contribution in [2.24, 2.45) is 5.92 Å². The lowest BCUT2D eigenvalue weighted by atomic mass is 9.85. The summed E-state index contributed by atoms with van der Waals surface area (Å²) in [5, 5.41) is 6.20. The summed E-state index contributed by atoms with van der Waals surface area (Å²) < 4.78 is 70.4. The van der Waals surface area contributed by atoms with E-state index in [9.17, 15) is 26.4 Å². The maximum Gasteiger partial charge on any atom is 0.416 e. The van der Waals surface area contributed by atoms with Crippen molar-refractivity contribution in [2.75, 3.05) is 17.2 Å². The van der Waals surface area contributed by atoms with Gasteiger partial charge in [0, 0.05) is 24.0 Å². The molecule has 0 radical (unpaired) electrons. The van der Waals surface area contributed by atoms with E-state index in [1.54, 1.807) is 12.1 Å². The third-order valence-corrected chi connectivity index (χ3v) is 10.4. The molecule has 2 N–H and O–H groups in total. The standard InChI is InChI=1S/C33H38F3N3O3S/c1-21-17-22(2)19-28(18-21)43(41,42)39-16-6-9-29(32(40)38-27-13-10-23(3)30(20-27)33(34,35)36)31(39)24-11-14-26(15-12-24)37-25-7-4-5-8-25/h10-15,17-20,25,29,31,37H,4-9,16H2,1-3H3,(H,38,40)/t29-,31-/m0/s1. The monoisotopic (exact) mass is 613 g/mol. The summed E-state index contributed by atoms with van der Waals surface area (Å²) in [6, 6.07) is 15.9. The summed E-state index contributed by atoms with van der Waals surface area (Å²) in [5.41, 5.74) is 2.45. The smallest absolute Gasteiger partial charge is 0.382 e. The Labute approximate surface area is 251 Å². The Hall–Kier alpha value is -3.37. The van der Waals surface area contributed by atoms with Gasteiger partial charge in [-0.2, -0.15) is 17.5 Å². The number of halogens is 3. The molecule has 5 rings (SSSR count). The fourth-order valence-corrected chi connectivity index (χ4v) is 8.32. The van der Waals surface area contributed by atoms with Crippen molar-refractivity contribution in [2.45, 2.75) is 82.5 Å². The minimum absolute atomic E-state index is 0.0204. The van der Waals surface area contributed by atoms with Crippen LogP contribution in [0.3, 0.4) is 0 Å². The second kappa shape index (κ2) is 12.3. The maximum atomic E-state index is 14.1. The first-order valence-corrected chi connectivity index (χ1v) is 16.2. The van der Waals surface area contributed by atoms with Crippen molar-refractivity contribution < 1.29 is 26.4 Å². The van der Waals surface area contributed by atoms with E-state index in [1.807, 2.05) is 44.2 Å². The molecular formula is C33H38F3N3O3S. The molecule has 43 heavy (non-hydrogen) atoms. The zero-order valence-electron chi connectivity index (χ0n) is 24.7. The van der Waals surface area contributed by atoms with E-state index in [0.29, 0.717) is 24.4 Å². The molecule has 0 bridgehead atoms. The van der Waals surface area contributed by atoms with Crippen LogP contribution in [0, 0.1) is 26.7 Å². The van der Waals surface area contributed by atoms with Crippen LogP contribution in [0.15, 0.2) is 65.6 Å². The number of hydrogen-bond donors (Lipinski definition) is 2. The molecule has 6 nitrogen and oxygen atoms in total. The van der Waals surface area contributed by atoms with Crippen LogP contribution in [-0.4, -0.2) is 31.2 Å². The lowest BCUT2D eigenvalue weighted by Crippen LogP contribution is -2.46. The highest BCUT2D eigenvalue weighted by molar-refractivity contribution is 7.89. The second-order valence-corrected chi connectivity index (χ2v) is 13.8. The van der Waals surface area contributed by atoms with E-state index in [1.165, 1.54) is 36.2 Å². The topological polar surface area (TPSA) is 78.5 Å². The first-order valence-electron chi connectivity index (χ1n) is 14.8. The maximum absolute atomic E-state index is 14.1. The van der Waals surface area contributed by atoms with Gasteiger partial charge in [-0.15, -0.1) is 0 Å². The average Bonchev–Trinajstić information content (AvgIpc) is 3.46. The Morgan fingerprint density at radius 3 is 2.09 bits per heavy atom. The number of rotatable bonds is 7. The van der Waals surface area contributed by atoms with Gasteiger partial charge in [-0.05, 0) is 105 Å². The number of amides is 1. The fourth-order valence-electron chi connectivity index (χ4n) is 6.45. The lowest BCUT2D eigenvalue weighted by Gasteiger charge is -2.40. The quantitative estimate of drug-likeness (QED) is 0.286. The normalized spacial score (nSPS) is 20.2. The summed E-state index contributed by atoms with van der Waals surface area (Å²) in [4.78, 5) is 13.9. The van der Waals surface area contributed by atoms with Crippen LogP contribution in [0.5, 0.6) is 0 Å². The molecule has 1 amide bonds. The third-order valence-electron chi connectivity index (χ3n) is 8.51. The summed E-state index contributed by atoms with van der Waals surface area (Å²) in [5.74, 6) is -1.34. The van der Waals surface area contributed by atoms with Crippen molar-refractivity contribution in [3.05, 3.63) is 88.5 Å². The highest BCUT2D eigenvalue weighted by Gasteiger charge is 2.43. The molecule has 1 aliphatic heterocycles. The number of carbonyl (C=O) groups is 1. The number of alkyl halides is 3. The molecule has 1 saturated heterocycles. The first-order chi connectivity index (χ1) is 20.3. The molecule has 0 spiro atoms. The number of aryl methyl sites for hydroxylation is 3. The Morgan fingerprint density at radius 2 is 1.47 bits per heavy atom. The number of hydrogen-bond acceptors (Lipinski definition) is 4. The van der Waals surface area contributed by atoms with E-state index < -0.39 is 39.6 Å². The molecule has 0 aromatic heterocycles. The molecule has 1 heterocycles. The van der Waals surface area contributed by atoms with E-state index in [-0.39, 0.29) is 22.7 Å². The summed E-state index contributed by atoms with van der Waals surface area (Å²) in [6.45, 7) is 5.26. The minimum atomic E-state index is -4.57. The Balaban J connectivity index is 1.51. The molecule has 2 atom stereocenters. The Morgan fingerprint density at radius 1 is 0.837 bits per heavy atom. The summed E-state index contributed by atoms with van der Waals surface area (Å²) in [6.07, 6.45) is 0.824. The van der Waals surface area contributed by atoms with Crippen LogP contribution >= 0.6 is 0 Å². The first kappa shape index (κ1) is 31.1. The van der Waals surface area contributed by atoms with Gasteiger partial charge >= 0.3 is 6.18 Å². The summed E-state index contributed by atoms with van der Waals surface area (Å²) >= 11 is 0. The average molecular weight is 614 g/mol. The SMILES string of the molecule is Cc1cc(C)cc(S(=O)(=O)N2CCC[C@H](C(=O)Nc3ccc(C)c(C(F)(F)F)c3)[C@@H]2c2ccc(NC3CCCC3)cc2)c1. The Bertz CT molecular complexity index is 1560. The number of sulfonamides is 1. The zero-order valence-corrected chi connectivity index (χ0v) is 25.5. The highest BCUT2D eigenvalue weighted by Crippen LogP contribution is 2.41. The lowest BCUT2D eigenvalue weighted by molar-refractivity contribution is -0.138. The molecule has 2 fully saturated rings. The molecule has 0 unspecified atom stereocenters. The van der Waals surface area contributed by atoms with Crippen molar-refractivity contribution in [3.63, 3.8) is 0 Å². The number of anilines is 2. The zero-order chi connectivity index (χ0) is 30.9. The predicted molar refractivity (Wildman–Crippen MR) is 162 cm³/mol. The van der Waals surface area contributed by atoms with Crippen molar-refractivity contribution in [1.82, 2.24) is 4.31 Å². The molecule has 230 valence electrons. The highest BCUT2D eigenvalue weighted by atomic mass is 32.2. The number of nitrogens with one attached hydrogen (secondary N) is 2. The predicted octanol–water partition coefficient (Wildman–Crippen LogP) is 7.77. The van der Waals surface area contributed by atoms with Crippen molar-refractivity contribution in [3.8, 4) is 0 Å². The Kier molecular flexibility index (Phi) is 8.90. The van der Waals surface area contributed by atoms with Crippen LogP contribution < -0.4 is 10.6 Å². The van der Waals surface area contributed by atoms with Gasteiger partial charge in [0.1, 0.15) is 0 Å². The summed E-state index contributed by atoms with van der Waals surface area (Å²) in [7, 11) is -4.02. The molecule has 3 aromatic carbocycles. The van der Waals surface area contributed by atoms with Crippen molar-refractivity contribution >= 4 is 27.3 Å². The minimum Gasteiger partial charge on any atom is -0.382 e. The van der Waals surface area contributed by atoms with E-state index in [4.69, 9.17) is 0 Å². The molecule has 2 aliphatic rings. The van der Waals surface area contributed by atoms with Crippen molar-refractivity contribution in [1.29, 1.82) is 0 Å². The third kappa shape index (κ3) is 6.91. The van der Waals surface area contributed by atoms with Crippen LogP contribution in [0.2, 0.25) is 0 Å². The van der Waals surface area contributed by atoms with Gasteiger partial charge in [-0.1, -0.05) is 37.1 Å². The number of carbonyl (C=O) groups excluding carboxylic acids is 1. The van der Waals surface area contributed by atoms with Gasteiger partial charge in [0.15, 0.2) is 0 Å². The molecule has 10 heteroatoms. The van der Waals surface area contributed by atoms with Gasteiger partial charge in [-0.25, -0.2) is 8.42 Å². The van der Waals surface area contributed by atoms with Crippen LogP contribution in [0.25, 0.3) is 0 Å². The largest absolute Gasteiger partial charge is 0.416 e. The number of nitrogens with zero attached hydrogens (tertiary/aromatic N) is 1. The van der Waals surface area contributed by atoms with Gasteiger partial charge < -0.3 is 10.6 Å². The van der Waals surface area contributed by atoms with Crippen LogP contribution in [-0.2, 0) is 21.0 Å². The molecule has 1 aliphatic carbocycles. The fraction of sp³-hybridized carbons (Fsp3) is 0.424.